The maximum Gasteiger partial charge on any atom is 0.416 e. The molecular weight excluding hydrogens is 253 g/mol. The molecular formula is C14H15F3N2. The molecule has 19 heavy (non-hydrogen) atoms. The monoisotopic (exact) mass is 268 g/mol. The quantitative estimate of drug-likeness (QED) is 0.866. The molecule has 0 radical (unpaired) electrons. The van der Waals surface area contributed by atoms with Crippen LogP contribution in [0.25, 0.3) is 0 Å². The third-order valence-electron chi connectivity index (χ3n) is 3.06. The number of alkyl halides is 3. The molecule has 102 valence electrons. The van der Waals surface area contributed by atoms with Gasteiger partial charge in [-0.05, 0) is 24.1 Å². The molecule has 0 aliphatic heterocycles. The number of hydrogen-bond donors (Lipinski definition) is 2. The zero-order valence-electron chi connectivity index (χ0n) is 10.2. The summed E-state index contributed by atoms with van der Waals surface area (Å²) in [5, 5.41) is 0. The minimum atomic E-state index is -4.33. The second-order valence-electron chi connectivity index (χ2n) is 4.89. The van der Waals surface area contributed by atoms with Gasteiger partial charge < -0.3 is 11.5 Å². The highest BCUT2D eigenvalue weighted by molar-refractivity contribution is 5.32. The Kier molecular flexibility index (Phi) is 3.41. The van der Waals surface area contributed by atoms with Crippen LogP contribution in [0.1, 0.15) is 17.5 Å². The van der Waals surface area contributed by atoms with Gasteiger partial charge >= 0.3 is 6.18 Å². The normalized spacial score (nSPS) is 23.3. The smallest absolute Gasteiger partial charge is 0.402 e. The molecule has 1 unspecified atom stereocenters. The number of nitrogens with two attached hydrogens (primary N) is 2. The standard InChI is InChI=1S/C14H15F3N2/c15-14(16,17)11-4-1-3-10(7-11)8-13(19)6-2-5-12(18)9-13/h1-7H,8-9,18-19H2. The lowest BCUT2D eigenvalue weighted by atomic mass is 9.84. The molecule has 4 N–H and O–H groups in total. The van der Waals surface area contributed by atoms with Crippen molar-refractivity contribution in [1.82, 2.24) is 0 Å². The van der Waals surface area contributed by atoms with Crippen molar-refractivity contribution in [2.24, 2.45) is 11.5 Å². The number of benzene rings is 1. The van der Waals surface area contributed by atoms with Gasteiger partial charge in [-0.25, -0.2) is 0 Å². The summed E-state index contributed by atoms with van der Waals surface area (Å²) in [7, 11) is 0. The van der Waals surface area contributed by atoms with Crippen molar-refractivity contribution in [3.8, 4) is 0 Å². The lowest BCUT2D eigenvalue weighted by Crippen LogP contribution is -2.42. The van der Waals surface area contributed by atoms with Crippen LogP contribution >= 0.6 is 0 Å². The number of halogens is 3. The first-order valence-electron chi connectivity index (χ1n) is 5.87. The van der Waals surface area contributed by atoms with Gasteiger partial charge in [0.15, 0.2) is 0 Å². The van der Waals surface area contributed by atoms with E-state index in [4.69, 9.17) is 11.5 Å². The fourth-order valence-electron chi connectivity index (χ4n) is 2.22. The molecule has 1 aromatic rings. The Hall–Kier alpha value is -1.75. The second kappa shape index (κ2) is 4.74. The molecule has 5 heteroatoms. The molecule has 0 saturated heterocycles. The van der Waals surface area contributed by atoms with E-state index >= 15 is 0 Å². The largest absolute Gasteiger partial charge is 0.416 e. The molecule has 0 bridgehead atoms. The summed E-state index contributed by atoms with van der Waals surface area (Å²) in [4.78, 5) is 0. The number of allylic oxidation sites excluding steroid dienone is 2. The minimum absolute atomic E-state index is 0.321. The maximum atomic E-state index is 12.6. The fraction of sp³-hybridized carbons (Fsp3) is 0.286. The van der Waals surface area contributed by atoms with Gasteiger partial charge in [-0.15, -0.1) is 0 Å². The molecule has 1 aliphatic carbocycles. The molecule has 2 rings (SSSR count). The highest BCUT2D eigenvalue weighted by Gasteiger charge is 2.31. The van der Waals surface area contributed by atoms with Crippen LogP contribution in [0.15, 0.2) is 48.2 Å². The molecule has 2 nitrogen and oxygen atoms in total. The average molecular weight is 268 g/mol. The summed E-state index contributed by atoms with van der Waals surface area (Å²) in [5.74, 6) is 0. The van der Waals surface area contributed by atoms with E-state index in [1.807, 2.05) is 0 Å². The van der Waals surface area contributed by atoms with Crippen molar-refractivity contribution in [3.63, 3.8) is 0 Å². The van der Waals surface area contributed by atoms with Crippen LogP contribution in [0.3, 0.4) is 0 Å². The SMILES string of the molecule is NC1=CC=CC(N)(Cc2cccc(C(F)(F)F)c2)C1. The van der Waals surface area contributed by atoms with Crippen molar-refractivity contribution in [2.75, 3.05) is 0 Å². The van der Waals surface area contributed by atoms with Gasteiger partial charge in [0.1, 0.15) is 0 Å². The van der Waals surface area contributed by atoms with E-state index in [0.29, 0.717) is 24.1 Å². The Morgan fingerprint density at radius 1 is 1.26 bits per heavy atom. The Morgan fingerprint density at radius 2 is 2.00 bits per heavy atom. The molecule has 0 spiro atoms. The summed E-state index contributed by atoms with van der Waals surface area (Å²) in [6, 6.07) is 5.23. The van der Waals surface area contributed by atoms with E-state index in [0.717, 1.165) is 12.1 Å². The van der Waals surface area contributed by atoms with Crippen LogP contribution in [0.2, 0.25) is 0 Å². The molecule has 0 aromatic heterocycles. The van der Waals surface area contributed by atoms with Gasteiger partial charge in [-0.1, -0.05) is 30.4 Å². The van der Waals surface area contributed by atoms with E-state index in [2.05, 4.69) is 0 Å². The Morgan fingerprint density at radius 3 is 2.63 bits per heavy atom. The summed E-state index contributed by atoms with van der Waals surface area (Å²) in [6.45, 7) is 0. The third-order valence-corrected chi connectivity index (χ3v) is 3.06. The average Bonchev–Trinajstić information content (AvgIpc) is 2.27. The van der Waals surface area contributed by atoms with Gasteiger partial charge in [-0.3, -0.25) is 0 Å². The summed E-state index contributed by atoms with van der Waals surface area (Å²) in [5.41, 5.74) is 11.7. The van der Waals surface area contributed by atoms with Crippen LogP contribution in [0.5, 0.6) is 0 Å². The first kappa shape index (κ1) is 13.7. The highest BCUT2D eigenvalue weighted by Crippen LogP contribution is 2.31. The van der Waals surface area contributed by atoms with Gasteiger partial charge in [-0.2, -0.15) is 13.2 Å². The summed E-state index contributed by atoms with van der Waals surface area (Å²) in [6.07, 6.45) is 1.70. The van der Waals surface area contributed by atoms with E-state index in [-0.39, 0.29) is 0 Å². The molecule has 1 aromatic carbocycles. The van der Waals surface area contributed by atoms with Crippen molar-refractivity contribution in [3.05, 3.63) is 59.3 Å². The number of hydrogen-bond acceptors (Lipinski definition) is 2. The molecule has 0 saturated carbocycles. The van der Waals surface area contributed by atoms with Crippen LogP contribution in [0, 0.1) is 0 Å². The Balaban J connectivity index is 2.20. The number of rotatable bonds is 2. The van der Waals surface area contributed by atoms with Gasteiger partial charge in [0.25, 0.3) is 0 Å². The lowest BCUT2D eigenvalue weighted by Gasteiger charge is -2.28. The Labute approximate surface area is 109 Å². The van der Waals surface area contributed by atoms with E-state index in [9.17, 15) is 13.2 Å². The third kappa shape index (κ3) is 3.38. The highest BCUT2D eigenvalue weighted by atomic mass is 19.4. The minimum Gasteiger partial charge on any atom is -0.402 e. The zero-order chi connectivity index (χ0) is 14.1. The molecule has 0 amide bonds. The predicted octanol–water partition coefficient (Wildman–Crippen LogP) is 2.75. The first-order chi connectivity index (χ1) is 8.78. The van der Waals surface area contributed by atoms with Gasteiger partial charge in [0, 0.05) is 17.7 Å². The van der Waals surface area contributed by atoms with Crippen molar-refractivity contribution < 1.29 is 13.2 Å². The van der Waals surface area contributed by atoms with E-state index in [1.165, 1.54) is 6.07 Å². The summed E-state index contributed by atoms with van der Waals surface area (Å²) >= 11 is 0. The molecule has 0 fully saturated rings. The van der Waals surface area contributed by atoms with Crippen LogP contribution in [-0.4, -0.2) is 5.54 Å². The van der Waals surface area contributed by atoms with E-state index < -0.39 is 17.3 Å². The molecule has 1 aliphatic rings. The fourth-order valence-corrected chi connectivity index (χ4v) is 2.22. The van der Waals surface area contributed by atoms with E-state index in [1.54, 1.807) is 24.3 Å². The lowest BCUT2D eigenvalue weighted by molar-refractivity contribution is -0.137. The van der Waals surface area contributed by atoms with Crippen LogP contribution in [0.4, 0.5) is 13.2 Å². The predicted molar refractivity (Wildman–Crippen MR) is 68.1 cm³/mol. The molecule has 0 heterocycles. The maximum absolute atomic E-state index is 12.6. The van der Waals surface area contributed by atoms with Crippen LogP contribution in [-0.2, 0) is 12.6 Å². The second-order valence-corrected chi connectivity index (χ2v) is 4.89. The topological polar surface area (TPSA) is 52.0 Å². The van der Waals surface area contributed by atoms with Gasteiger partial charge in [0.2, 0.25) is 0 Å². The van der Waals surface area contributed by atoms with Crippen molar-refractivity contribution in [2.45, 2.75) is 24.6 Å². The van der Waals surface area contributed by atoms with Crippen LogP contribution < -0.4 is 11.5 Å². The first-order valence-corrected chi connectivity index (χ1v) is 5.87. The van der Waals surface area contributed by atoms with Crippen molar-refractivity contribution in [1.29, 1.82) is 0 Å². The van der Waals surface area contributed by atoms with Crippen molar-refractivity contribution >= 4 is 0 Å². The molecule has 1 atom stereocenters. The zero-order valence-corrected chi connectivity index (χ0v) is 10.2. The summed E-state index contributed by atoms with van der Waals surface area (Å²) < 4.78 is 37.9. The Bertz CT molecular complexity index is 532. The van der Waals surface area contributed by atoms with Gasteiger partial charge in [0.05, 0.1) is 5.56 Å².